The van der Waals surface area contributed by atoms with Crippen molar-refractivity contribution in [3.63, 3.8) is 0 Å². The number of aliphatic imine (C=N–C) groups is 1. The highest BCUT2D eigenvalue weighted by molar-refractivity contribution is 6.18. The van der Waals surface area contributed by atoms with E-state index in [2.05, 4.69) is 10.3 Å². The average molecular weight is 211 g/mol. The average Bonchev–Trinajstić information content (AvgIpc) is 2.09. The van der Waals surface area contributed by atoms with Crippen LogP contribution in [0.5, 0.6) is 0 Å². The predicted octanol–water partition coefficient (Wildman–Crippen LogP) is 0.195. The molecule has 2 amide bonds. The number of nitrogens with two attached hydrogens (primary N) is 1. The normalized spacial score (nSPS) is 22.4. The van der Waals surface area contributed by atoms with Crippen molar-refractivity contribution in [2.45, 2.75) is 39.2 Å². The van der Waals surface area contributed by atoms with Crippen LogP contribution in [0.15, 0.2) is 4.99 Å². The Morgan fingerprint density at radius 1 is 1.47 bits per heavy atom. The molecule has 1 unspecified atom stereocenters. The van der Waals surface area contributed by atoms with Crippen LogP contribution >= 0.6 is 0 Å². The van der Waals surface area contributed by atoms with E-state index >= 15 is 0 Å². The summed E-state index contributed by atoms with van der Waals surface area (Å²) in [5, 5.41) is 2.59. The van der Waals surface area contributed by atoms with Gasteiger partial charge in [-0.15, -0.1) is 0 Å². The second kappa shape index (κ2) is 4.10. The molecule has 0 saturated heterocycles. The summed E-state index contributed by atoms with van der Waals surface area (Å²) in [5.74, 6) is -1.05. The number of carbonyl (C=O) groups excluding carboxylic acids is 2. The van der Waals surface area contributed by atoms with Gasteiger partial charge in [0.1, 0.15) is 11.8 Å². The molecule has 1 atom stereocenters. The van der Waals surface area contributed by atoms with Crippen LogP contribution in [-0.2, 0) is 9.59 Å². The second-order valence-electron chi connectivity index (χ2n) is 4.35. The van der Waals surface area contributed by atoms with E-state index in [1.807, 2.05) is 6.92 Å². The maximum absolute atomic E-state index is 11.6. The fourth-order valence-electron chi connectivity index (χ4n) is 1.38. The van der Waals surface area contributed by atoms with Crippen molar-refractivity contribution in [3.8, 4) is 0 Å². The van der Waals surface area contributed by atoms with Gasteiger partial charge in [0.25, 0.3) is 5.91 Å². The molecule has 0 spiro atoms. The number of carbonyl (C=O) groups is 2. The van der Waals surface area contributed by atoms with Crippen molar-refractivity contribution in [2.75, 3.05) is 0 Å². The number of hydrogen-bond acceptors (Lipinski definition) is 3. The van der Waals surface area contributed by atoms with E-state index in [1.165, 1.54) is 0 Å². The molecule has 0 aromatic heterocycles. The summed E-state index contributed by atoms with van der Waals surface area (Å²) >= 11 is 0. The molecule has 5 nitrogen and oxygen atoms in total. The maximum Gasteiger partial charge on any atom is 0.259 e. The first-order chi connectivity index (χ1) is 6.86. The van der Waals surface area contributed by atoms with Gasteiger partial charge >= 0.3 is 0 Å². The molecule has 0 radical (unpaired) electrons. The number of amides is 2. The van der Waals surface area contributed by atoms with Crippen LogP contribution in [0.2, 0.25) is 0 Å². The summed E-state index contributed by atoms with van der Waals surface area (Å²) in [6.07, 6.45) is 1.31. The number of nitrogens with one attached hydrogen (secondary N) is 1. The third kappa shape index (κ3) is 2.62. The smallest absolute Gasteiger partial charge is 0.259 e. The lowest BCUT2D eigenvalue weighted by molar-refractivity contribution is -0.133. The molecule has 1 rings (SSSR count). The molecular formula is C10H17N3O2. The standard InChI is InChI=1S/C10H17N3O2/c1-4-5-6-7(14)12-9(10(2,3)11)13-8(6)15/h6H,4-5,11H2,1-3H3,(H,12,13,14,15). The third-order valence-electron chi connectivity index (χ3n) is 2.27. The lowest BCUT2D eigenvalue weighted by atomic mass is 9.97. The van der Waals surface area contributed by atoms with Gasteiger partial charge in [0.2, 0.25) is 5.91 Å². The molecule has 0 fully saturated rings. The van der Waals surface area contributed by atoms with Crippen LogP contribution in [0.1, 0.15) is 33.6 Å². The lowest BCUT2D eigenvalue weighted by Crippen LogP contribution is -2.56. The van der Waals surface area contributed by atoms with Gasteiger partial charge in [-0.25, -0.2) is 0 Å². The van der Waals surface area contributed by atoms with Gasteiger partial charge < -0.3 is 11.1 Å². The van der Waals surface area contributed by atoms with Gasteiger partial charge in [-0.1, -0.05) is 13.3 Å². The van der Waals surface area contributed by atoms with Gasteiger partial charge in [-0.3, -0.25) is 9.59 Å². The molecular weight excluding hydrogens is 194 g/mol. The van der Waals surface area contributed by atoms with E-state index in [0.717, 1.165) is 6.42 Å². The molecule has 1 heterocycles. The number of nitrogens with zero attached hydrogens (tertiary/aromatic N) is 1. The van der Waals surface area contributed by atoms with Gasteiger partial charge in [0, 0.05) is 0 Å². The first-order valence-corrected chi connectivity index (χ1v) is 5.09. The van der Waals surface area contributed by atoms with Crippen molar-refractivity contribution >= 4 is 17.6 Å². The van der Waals surface area contributed by atoms with Crippen molar-refractivity contribution in [3.05, 3.63) is 0 Å². The Labute approximate surface area is 89.1 Å². The molecule has 3 N–H and O–H groups in total. The van der Waals surface area contributed by atoms with Crippen molar-refractivity contribution in [1.82, 2.24) is 5.32 Å². The largest absolute Gasteiger partial charge is 0.319 e. The first-order valence-electron chi connectivity index (χ1n) is 5.09. The number of amidine groups is 1. The SMILES string of the molecule is CCCC1C(=O)N=C(C(C)(C)N)NC1=O. The van der Waals surface area contributed by atoms with Crippen LogP contribution in [0, 0.1) is 5.92 Å². The highest BCUT2D eigenvalue weighted by Crippen LogP contribution is 2.14. The summed E-state index contributed by atoms with van der Waals surface area (Å²) < 4.78 is 0. The van der Waals surface area contributed by atoms with Crippen LogP contribution in [0.25, 0.3) is 0 Å². The minimum absolute atomic E-state index is 0.254. The summed E-state index contributed by atoms with van der Waals surface area (Å²) in [6.45, 7) is 5.31. The number of rotatable bonds is 3. The molecule has 15 heavy (non-hydrogen) atoms. The Balaban J connectivity index is 2.90. The Morgan fingerprint density at radius 3 is 2.47 bits per heavy atom. The lowest BCUT2D eigenvalue weighted by Gasteiger charge is -2.27. The van der Waals surface area contributed by atoms with E-state index in [-0.39, 0.29) is 17.6 Å². The minimum atomic E-state index is -0.789. The summed E-state index contributed by atoms with van der Waals surface area (Å²) in [5.41, 5.74) is 4.97. The fourth-order valence-corrected chi connectivity index (χ4v) is 1.38. The zero-order valence-electron chi connectivity index (χ0n) is 9.33. The van der Waals surface area contributed by atoms with E-state index in [1.54, 1.807) is 13.8 Å². The van der Waals surface area contributed by atoms with Gasteiger partial charge in [0.05, 0.1) is 5.54 Å². The third-order valence-corrected chi connectivity index (χ3v) is 2.27. The Kier molecular flexibility index (Phi) is 3.24. The summed E-state index contributed by atoms with van der Waals surface area (Å²) in [4.78, 5) is 27.0. The summed E-state index contributed by atoms with van der Waals surface area (Å²) in [7, 11) is 0. The van der Waals surface area contributed by atoms with Crippen LogP contribution in [0.4, 0.5) is 0 Å². The molecule has 0 saturated carbocycles. The minimum Gasteiger partial charge on any atom is -0.319 e. The van der Waals surface area contributed by atoms with Crippen LogP contribution in [0.3, 0.4) is 0 Å². The Hall–Kier alpha value is -1.23. The molecule has 1 aliphatic heterocycles. The molecule has 0 bridgehead atoms. The second-order valence-corrected chi connectivity index (χ2v) is 4.35. The van der Waals surface area contributed by atoms with Gasteiger partial charge in [0.15, 0.2) is 0 Å². The molecule has 5 heteroatoms. The highest BCUT2D eigenvalue weighted by atomic mass is 16.2. The summed E-state index contributed by atoms with van der Waals surface area (Å²) in [6, 6.07) is 0. The predicted molar refractivity (Wildman–Crippen MR) is 57.2 cm³/mol. The molecule has 0 aromatic rings. The van der Waals surface area contributed by atoms with E-state index in [4.69, 9.17) is 5.73 Å². The van der Waals surface area contributed by atoms with Gasteiger partial charge in [-0.2, -0.15) is 4.99 Å². The maximum atomic E-state index is 11.6. The van der Waals surface area contributed by atoms with Crippen LogP contribution < -0.4 is 11.1 Å². The number of hydrogen-bond donors (Lipinski definition) is 2. The Bertz CT molecular complexity index is 315. The first kappa shape index (κ1) is 11.8. The highest BCUT2D eigenvalue weighted by Gasteiger charge is 2.34. The molecule has 84 valence electrons. The quantitative estimate of drug-likeness (QED) is 0.654. The zero-order chi connectivity index (χ0) is 11.6. The van der Waals surface area contributed by atoms with Crippen molar-refractivity contribution in [2.24, 2.45) is 16.6 Å². The fraction of sp³-hybridized carbons (Fsp3) is 0.700. The van der Waals surface area contributed by atoms with Crippen LogP contribution in [-0.4, -0.2) is 23.2 Å². The molecule has 0 aliphatic carbocycles. The van der Waals surface area contributed by atoms with E-state index in [0.29, 0.717) is 6.42 Å². The van der Waals surface area contributed by atoms with E-state index < -0.39 is 11.5 Å². The van der Waals surface area contributed by atoms with Gasteiger partial charge in [-0.05, 0) is 20.3 Å². The zero-order valence-corrected chi connectivity index (χ0v) is 9.33. The Morgan fingerprint density at radius 2 is 2.07 bits per heavy atom. The monoisotopic (exact) mass is 211 g/mol. The molecule has 1 aliphatic rings. The molecule has 0 aromatic carbocycles. The topological polar surface area (TPSA) is 84.6 Å². The van der Waals surface area contributed by atoms with Crippen molar-refractivity contribution < 1.29 is 9.59 Å². The van der Waals surface area contributed by atoms with E-state index in [9.17, 15) is 9.59 Å². The van der Waals surface area contributed by atoms with Crippen molar-refractivity contribution in [1.29, 1.82) is 0 Å².